The average molecular weight is 460 g/mol. The van der Waals surface area contributed by atoms with Crippen LogP contribution in [0.1, 0.15) is 32.5 Å². The van der Waals surface area contributed by atoms with Crippen molar-refractivity contribution >= 4 is 49.0 Å². The first-order chi connectivity index (χ1) is 14.6. The van der Waals surface area contributed by atoms with E-state index in [-0.39, 0.29) is 16.5 Å². The largest absolute Gasteiger partial charge is 0.456 e. The topological polar surface area (TPSA) is 97.8 Å². The first-order valence-electron chi connectivity index (χ1n) is 9.35. The summed E-state index contributed by atoms with van der Waals surface area (Å²) < 4.78 is 32.1. The number of fused-ring (bicyclic) bond motifs is 1. The van der Waals surface area contributed by atoms with Gasteiger partial charge in [-0.3, -0.25) is 14.4 Å². The summed E-state index contributed by atoms with van der Waals surface area (Å²) in [5.41, 5.74) is 1.21. The lowest BCUT2D eigenvalue weighted by Gasteiger charge is -2.16. The maximum atomic E-state index is 12.6. The SMILES string of the molecule is CC(=O)c1ccc(S(=O)(=O)N(C)CC(=O)OCC(=O)c2sc3ccccc3c2C)cc1. The molecule has 0 atom stereocenters. The zero-order valence-electron chi connectivity index (χ0n) is 17.2. The predicted octanol–water partition coefficient (Wildman–Crippen LogP) is 3.46. The number of thiophene rings is 1. The fourth-order valence-corrected chi connectivity index (χ4v) is 5.25. The molecule has 1 aromatic heterocycles. The van der Waals surface area contributed by atoms with Crippen molar-refractivity contribution in [2.75, 3.05) is 20.2 Å². The third kappa shape index (κ3) is 4.90. The van der Waals surface area contributed by atoms with Gasteiger partial charge in [0.2, 0.25) is 15.8 Å². The van der Waals surface area contributed by atoms with E-state index in [9.17, 15) is 22.8 Å². The molecule has 162 valence electrons. The van der Waals surface area contributed by atoms with E-state index in [2.05, 4.69) is 0 Å². The molecule has 0 N–H and O–H groups in total. The van der Waals surface area contributed by atoms with E-state index >= 15 is 0 Å². The van der Waals surface area contributed by atoms with Crippen molar-refractivity contribution in [3.05, 3.63) is 64.5 Å². The summed E-state index contributed by atoms with van der Waals surface area (Å²) in [5.74, 6) is -1.35. The van der Waals surface area contributed by atoms with Crippen LogP contribution in [0.4, 0.5) is 0 Å². The molecule has 3 rings (SSSR count). The lowest BCUT2D eigenvalue weighted by atomic mass is 10.1. The van der Waals surface area contributed by atoms with Crippen molar-refractivity contribution in [3.63, 3.8) is 0 Å². The summed E-state index contributed by atoms with van der Waals surface area (Å²) >= 11 is 1.33. The Balaban J connectivity index is 1.62. The van der Waals surface area contributed by atoms with Gasteiger partial charge in [0.15, 0.2) is 12.4 Å². The molecule has 0 amide bonds. The van der Waals surface area contributed by atoms with Crippen LogP contribution in [0.3, 0.4) is 0 Å². The van der Waals surface area contributed by atoms with Gasteiger partial charge in [0.1, 0.15) is 6.54 Å². The maximum absolute atomic E-state index is 12.6. The van der Waals surface area contributed by atoms with Crippen LogP contribution in [0.15, 0.2) is 53.4 Å². The number of nitrogens with zero attached hydrogens (tertiary/aromatic N) is 1. The van der Waals surface area contributed by atoms with Crippen LogP contribution in [0.2, 0.25) is 0 Å². The zero-order chi connectivity index (χ0) is 22.8. The highest BCUT2D eigenvalue weighted by Crippen LogP contribution is 2.30. The fourth-order valence-electron chi connectivity index (χ4n) is 3.01. The molecule has 3 aromatic rings. The Labute approximate surface area is 184 Å². The van der Waals surface area contributed by atoms with Crippen LogP contribution < -0.4 is 0 Å². The van der Waals surface area contributed by atoms with Crippen molar-refractivity contribution < 1.29 is 27.5 Å². The van der Waals surface area contributed by atoms with Crippen LogP contribution in [-0.4, -0.2) is 50.5 Å². The van der Waals surface area contributed by atoms with E-state index in [1.165, 1.54) is 49.6 Å². The zero-order valence-corrected chi connectivity index (χ0v) is 18.9. The van der Waals surface area contributed by atoms with Crippen molar-refractivity contribution in [1.29, 1.82) is 0 Å². The van der Waals surface area contributed by atoms with E-state index < -0.39 is 29.1 Å². The molecule has 31 heavy (non-hydrogen) atoms. The number of sulfonamides is 1. The molecule has 2 aromatic carbocycles. The van der Waals surface area contributed by atoms with Gasteiger partial charge < -0.3 is 4.74 Å². The molecule has 0 saturated heterocycles. The minimum absolute atomic E-state index is 0.0511. The number of carbonyl (C=O) groups excluding carboxylic acids is 3. The smallest absolute Gasteiger partial charge is 0.321 e. The maximum Gasteiger partial charge on any atom is 0.321 e. The van der Waals surface area contributed by atoms with E-state index in [4.69, 9.17) is 4.74 Å². The highest BCUT2D eigenvalue weighted by atomic mass is 32.2. The van der Waals surface area contributed by atoms with E-state index in [1.807, 2.05) is 31.2 Å². The quantitative estimate of drug-likeness (QED) is 0.378. The van der Waals surface area contributed by atoms with Crippen LogP contribution in [0.5, 0.6) is 0 Å². The molecule has 0 aliphatic rings. The van der Waals surface area contributed by atoms with E-state index in [1.54, 1.807) is 0 Å². The molecule has 0 bridgehead atoms. The summed E-state index contributed by atoms with van der Waals surface area (Å²) in [4.78, 5) is 36.5. The number of hydrogen-bond acceptors (Lipinski definition) is 7. The Hall–Kier alpha value is -2.88. The summed E-state index contributed by atoms with van der Waals surface area (Å²) in [5, 5.41) is 0.976. The standard InChI is InChI=1S/C22H21NO6S2/c1-14-18-6-4-5-7-20(18)30-22(14)19(25)13-29-21(26)12-23(3)31(27,28)17-10-8-16(9-11-17)15(2)24/h4-11H,12-13H2,1-3H3. The van der Waals surface area contributed by atoms with Gasteiger partial charge in [-0.1, -0.05) is 30.3 Å². The number of esters is 1. The number of rotatable bonds is 8. The second-order valence-corrected chi connectivity index (χ2v) is 10.1. The monoisotopic (exact) mass is 459 g/mol. The van der Waals surface area contributed by atoms with Crippen LogP contribution in [-0.2, 0) is 19.6 Å². The minimum Gasteiger partial charge on any atom is -0.456 e. The molecule has 0 spiro atoms. The lowest BCUT2D eigenvalue weighted by Crippen LogP contribution is -2.33. The second-order valence-electron chi connectivity index (χ2n) is 6.98. The van der Waals surface area contributed by atoms with Crippen molar-refractivity contribution in [2.45, 2.75) is 18.7 Å². The van der Waals surface area contributed by atoms with Gasteiger partial charge in [-0.2, -0.15) is 4.31 Å². The predicted molar refractivity (Wildman–Crippen MR) is 118 cm³/mol. The molecule has 9 heteroatoms. The number of benzene rings is 2. The lowest BCUT2D eigenvalue weighted by molar-refractivity contribution is -0.142. The third-order valence-electron chi connectivity index (χ3n) is 4.78. The number of Topliss-reactive ketones (excluding diaryl/α,β-unsaturated/α-hetero) is 2. The summed E-state index contributed by atoms with van der Waals surface area (Å²) in [6.45, 7) is 2.21. The fraction of sp³-hybridized carbons (Fsp3) is 0.227. The van der Waals surface area contributed by atoms with Crippen molar-refractivity contribution in [3.8, 4) is 0 Å². The number of aryl methyl sites for hydroxylation is 1. The van der Waals surface area contributed by atoms with Crippen molar-refractivity contribution in [2.24, 2.45) is 0 Å². The third-order valence-corrected chi connectivity index (χ3v) is 7.91. The van der Waals surface area contributed by atoms with Gasteiger partial charge in [0, 0.05) is 17.3 Å². The van der Waals surface area contributed by atoms with Crippen LogP contribution in [0.25, 0.3) is 10.1 Å². The second kappa shape index (κ2) is 9.09. The summed E-state index contributed by atoms with van der Waals surface area (Å²) in [7, 11) is -2.71. The highest BCUT2D eigenvalue weighted by Gasteiger charge is 2.24. The Morgan fingerprint density at radius 1 is 1.03 bits per heavy atom. The molecule has 0 unspecified atom stereocenters. The summed E-state index contributed by atoms with van der Waals surface area (Å²) in [6, 6.07) is 13.0. The number of ether oxygens (including phenoxy) is 1. The molecule has 0 radical (unpaired) electrons. The van der Waals surface area contributed by atoms with Gasteiger partial charge in [0.05, 0.1) is 9.77 Å². The van der Waals surface area contributed by atoms with E-state index in [0.29, 0.717) is 10.4 Å². The summed E-state index contributed by atoms with van der Waals surface area (Å²) in [6.07, 6.45) is 0. The molecule has 0 aliphatic heterocycles. The van der Waals surface area contributed by atoms with Gasteiger partial charge in [0.25, 0.3) is 0 Å². The Morgan fingerprint density at radius 2 is 1.68 bits per heavy atom. The first kappa shape index (κ1) is 22.8. The highest BCUT2D eigenvalue weighted by molar-refractivity contribution is 7.89. The first-order valence-corrected chi connectivity index (χ1v) is 11.6. The van der Waals surface area contributed by atoms with Gasteiger partial charge >= 0.3 is 5.97 Å². The van der Waals surface area contributed by atoms with Crippen molar-refractivity contribution in [1.82, 2.24) is 4.31 Å². The molecule has 0 aliphatic carbocycles. The van der Waals surface area contributed by atoms with Crippen LogP contribution in [0, 0.1) is 6.92 Å². The van der Waals surface area contributed by atoms with Gasteiger partial charge in [-0.25, -0.2) is 8.42 Å². The number of likely N-dealkylation sites (N-methyl/N-ethyl adjacent to an activating group) is 1. The minimum atomic E-state index is -3.95. The molecule has 0 saturated carbocycles. The average Bonchev–Trinajstić information content (AvgIpc) is 3.09. The molecule has 1 heterocycles. The Morgan fingerprint density at radius 3 is 2.29 bits per heavy atom. The molecular formula is C22H21NO6S2. The Bertz CT molecular complexity index is 1260. The molecule has 7 nitrogen and oxygen atoms in total. The number of carbonyl (C=O) groups is 3. The number of ketones is 2. The molecule has 0 fully saturated rings. The Kier molecular flexibility index (Phi) is 6.68. The number of hydrogen-bond donors (Lipinski definition) is 0. The van der Waals surface area contributed by atoms with E-state index in [0.717, 1.165) is 20.0 Å². The van der Waals surface area contributed by atoms with Crippen LogP contribution >= 0.6 is 11.3 Å². The van der Waals surface area contributed by atoms with Gasteiger partial charge in [-0.05, 0) is 43.0 Å². The van der Waals surface area contributed by atoms with Gasteiger partial charge in [-0.15, -0.1) is 11.3 Å². The molecular weight excluding hydrogens is 438 g/mol. The normalized spacial score (nSPS) is 11.6.